The lowest BCUT2D eigenvalue weighted by atomic mass is 10.0. The number of ether oxygens (including phenoxy) is 1. The molecular weight excluding hydrogens is 206 g/mol. The smallest absolute Gasteiger partial charge is 0.336 e. The first-order valence-electron chi connectivity index (χ1n) is 4.80. The van der Waals surface area contributed by atoms with Crippen LogP contribution in [0.2, 0.25) is 0 Å². The highest BCUT2D eigenvalue weighted by atomic mass is 16.5. The van der Waals surface area contributed by atoms with Gasteiger partial charge in [-0.05, 0) is 23.9 Å². The van der Waals surface area contributed by atoms with Crippen molar-refractivity contribution in [2.24, 2.45) is 0 Å². The van der Waals surface area contributed by atoms with E-state index in [1.807, 2.05) is 13.0 Å². The molecular formula is C12H11NO3. The fraction of sp³-hybridized carbons (Fsp3) is 0.167. The monoisotopic (exact) mass is 217 g/mol. The molecule has 4 heteroatoms. The van der Waals surface area contributed by atoms with Crippen LogP contribution in [0.15, 0.2) is 24.4 Å². The van der Waals surface area contributed by atoms with Gasteiger partial charge in [-0.2, -0.15) is 0 Å². The maximum absolute atomic E-state index is 11.1. The zero-order valence-electron chi connectivity index (χ0n) is 9.02. The van der Waals surface area contributed by atoms with Gasteiger partial charge < -0.3 is 9.84 Å². The Morgan fingerprint density at radius 2 is 2.19 bits per heavy atom. The lowest BCUT2D eigenvalue weighted by Gasteiger charge is -2.08. The summed E-state index contributed by atoms with van der Waals surface area (Å²) in [6.07, 6.45) is 1.67. The Bertz CT molecular complexity index is 563. The predicted octanol–water partition coefficient (Wildman–Crippen LogP) is 2.25. The maximum Gasteiger partial charge on any atom is 0.336 e. The number of rotatable bonds is 2. The van der Waals surface area contributed by atoms with E-state index < -0.39 is 5.97 Å². The molecule has 0 fully saturated rings. The van der Waals surface area contributed by atoms with E-state index in [-0.39, 0.29) is 5.56 Å². The first-order valence-corrected chi connectivity index (χ1v) is 4.80. The largest absolute Gasteiger partial charge is 0.481 e. The molecule has 1 N–H and O–H groups in total. The number of hydrogen-bond donors (Lipinski definition) is 1. The second kappa shape index (κ2) is 3.81. The standard InChI is InChI=1S/C12H11NO3/c1-7-6-13-11(16-2)10-8(7)4-3-5-9(10)12(14)15/h3-6H,1-2H3,(H,14,15). The minimum atomic E-state index is -0.976. The van der Waals surface area contributed by atoms with Crippen LogP contribution in [0, 0.1) is 6.92 Å². The Hall–Kier alpha value is -2.10. The Kier molecular flexibility index (Phi) is 2.48. The van der Waals surface area contributed by atoms with Gasteiger partial charge in [0.05, 0.1) is 18.1 Å². The Morgan fingerprint density at radius 1 is 1.44 bits per heavy atom. The van der Waals surface area contributed by atoms with E-state index in [1.54, 1.807) is 18.3 Å². The van der Waals surface area contributed by atoms with Crippen molar-refractivity contribution in [3.05, 3.63) is 35.5 Å². The number of aromatic nitrogens is 1. The van der Waals surface area contributed by atoms with Gasteiger partial charge >= 0.3 is 5.97 Å². The second-order valence-electron chi connectivity index (χ2n) is 3.48. The lowest BCUT2D eigenvalue weighted by molar-refractivity contribution is 0.0699. The molecule has 0 aliphatic carbocycles. The highest BCUT2D eigenvalue weighted by Crippen LogP contribution is 2.28. The summed E-state index contributed by atoms with van der Waals surface area (Å²) in [6, 6.07) is 5.13. The number of nitrogens with zero attached hydrogens (tertiary/aromatic N) is 1. The molecule has 2 rings (SSSR count). The van der Waals surface area contributed by atoms with Gasteiger partial charge in [-0.1, -0.05) is 12.1 Å². The summed E-state index contributed by atoms with van der Waals surface area (Å²) in [4.78, 5) is 15.2. The van der Waals surface area contributed by atoms with Crippen LogP contribution in [-0.4, -0.2) is 23.2 Å². The normalized spacial score (nSPS) is 10.4. The maximum atomic E-state index is 11.1. The van der Waals surface area contributed by atoms with Gasteiger partial charge in [0.1, 0.15) is 0 Å². The van der Waals surface area contributed by atoms with Crippen LogP contribution in [0.3, 0.4) is 0 Å². The van der Waals surface area contributed by atoms with E-state index in [9.17, 15) is 4.79 Å². The summed E-state index contributed by atoms with van der Waals surface area (Å²) in [7, 11) is 1.48. The molecule has 2 aromatic rings. The summed E-state index contributed by atoms with van der Waals surface area (Å²) in [6.45, 7) is 1.89. The minimum absolute atomic E-state index is 0.213. The third-order valence-electron chi connectivity index (χ3n) is 2.50. The highest BCUT2D eigenvalue weighted by molar-refractivity contribution is 6.06. The van der Waals surface area contributed by atoms with Crippen LogP contribution in [0.5, 0.6) is 5.88 Å². The fourth-order valence-corrected chi connectivity index (χ4v) is 1.73. The summed E-state index contributed by atoms with van der Waals surface area (Å²) < 4.78 is 5.10. The lowest BCUT2D eigenvalue weighted by Crippen LogP contribution is -2.00. The summed E-state index contributed by atoms with van der Waals surface area (Å²) >= 11 is 0. The number of methoxy groups -OCH3 is 1. The van der Waals surface area contributed by atoms with E-state index >= 15 is 0 Å². The molecule has 0 saturated carbocycles. The first kappa shape index (κ1) is 10.4. The number of aryl methyl sites for hydroxylation is 1. The van der Waals surface area contributed by atoms with Crippen molar-refractivity contribution < 1.29 is 14.6 Å². The molecule has 0 atom stereocenters. The van der Waals surface area contributed by atoms with Gasteiger partial charge in [0.2, 0.25) is 5.88 Å². The number of hydrogen-bond acceptors (Lipinski definition) is 3. The van der Waals surface area contributed by atoms with Crippen molar-refractivity contribution in [2.45, 2.75) is 6.92 Å². The number of carboxylic acid groups (broad SMARTS) is 1. The van der Waals surface area contributed by atoms with Crippen LogP contribution in [0.1, 0.15) is 15.9 Å². The average Bonchev–Trinajstić information content (AvgIpc) is 2.29. The van der Waals surface area contributed by atoms with Crippen LogP contribution in [0.4, 0.5) is 0 Å². The van der Waals surface area contributed by atoms with Crippen molar-refractivity contribution >= 4 is 16.7 Å². The second-order valence-corrected chi connectivity index (χ2v) is 3.48. The molecule has 1 heterocycles. The van der Waals surface area contributed by atoms with Crippen LogP contribution in [0.25, 0.3) is 10.8 Å². The topological polar surface area (TPSA) is 59.4 Å². The quantitative estimate of drug-likeness (QED) is 0.838. The first-order chi connectivity index (χ1) is 7.65. The molecule has 1 aromatic carbocycles. The molecule has 0 radical (unpaired) electrons. The molecule has 16 heavy (non-hydrogen) atoms. The molecule has 4 nitrogen and oxygen atoms in total. The van der Waals surface area contributed by atoms with E-state index in [4.69, 9.17) is 9.84 Å². The Balaban J connectivity index is 2.93. The van der Waals surface area contributed by atoms with Gasteiger partial charge in [-0.25, -0.2) is 9.78 Å². The van der Waals surface area contributed by atoms with E-state index in [0.717, 1.165) is 10.9 Å². The van der Waals surface area contributed by atoms with Crippen LogP contribution < -0.4 is 4.74 Å². The SMILES string of the molecule is COc1ncc(C)c2cccc(C(=O)O)c12. The summed E-state index contributed by atoms with van der Waals surface area (Å²) in [5.74, 6) is -0.630. The molecule has 0 amide bonds. The van der Waals surface area contributed by atoms with E-state index in [0.29, 0.717) is 11.3 Å². The Morgan fingerprint density at radius 3 is 2.81 bits per heavy atom. The highest BCUT2D eigenvalue weighted by Gasteiger charge is 2.14. The fourth-order valence-electron chi connectivity index (χ4n) is 1.73. The van der Waals surface area contributed by atoms with Gasteiger partial charge in [-0.15, -0.1) is 0 Å². The van der Waals surface area contributed by atoms with Crippen molar-refractivity contribution in [1.82, 2.24) is 4.98 Å². The van der Waals surface area contributed by atoms with Gasteiger partial charge in [-0.3, -0.25) is 0 Å². The van der Waals surface area contributed by atoms with Crippen molar-refractivity contribution in [3.8, 4) is 5.88 Å². The number of fused-ring (bicyclic) bond motifs is 1. The molecule has 0 saturated heterocycles. The summed E-state index contributed by atoms with van der Waals surface area (Å²) in [5, 5.41) is 10.5. The molecule has 0 aliphatic rings. The molecule has 0 aliphatic heterocycles. The molecule has 82 valence electrons. The number of carbonyl (C=O) groups is 1. The van der Waals surface area contributed by atoms with E-state index in [1.165, 1.54) is 7.11 Å². The molecule has 0 spiro atoms. The molecule has 1 aromatic heterocycles. The van der Waals surface area contributed by atoms with Crippen LogP contribution in [-0.2, 0) is 0 Å². The zero-order valence-corrected chi connectivity index (χ0v) is 9.02. The van der Waals surface area contributed by atoms with Gasteiger partial charge in [0.25, 0.3) is 0 Å². The number of pyridine rings is 1. The zero-order chi connectivity index (χ0) is 11.7. The number of aromatic carboxylic acids is 1. The average molecular weight is 217 g/mol. The van der Waals surface area contributed by atoms with E-state index in [2.05, 4.69) is 4.98 Å². The molecule has 0 bridgehead atoms. The van der Waals surface area contributed by atoms with Gasteiger partial charge in [0.15, 0.2) is 0 Å². The molecule has 0 unspecified atom stereocenters. The summed E-state index contributed by atoms with van der Waals surface area (Å²) in [5.41, 5.74) is 1.14. The van der Waals surface area contributed by atoms with Crippen molar-refractivity contribution in [1.29, 1.82) is 0 Å². The number of benzene rings is 1. The van der Waals surface area contributed by atoms with Crippen LogP contribution >= 0.6 is 0 Å². The Labute approximate surface area is 92.5 Å². The predicted molar refractivity (Wildman–Crippen MR) is 60.0 cm³/mol. The third-order valence-corrected chi connectivity index (χ3v) is 2.50. The van der Waals surface area contributed by atoms with Gasteiger partial charge in [0, 0.05) is 6.20 Å². The van der Waals surface area contributed by atoms with Crippen molar-refractivity contribution in [2.75, 3.05) is 7.11 Å². The third kappa shape index (κ3) is 1.48. The minimum Gasteiger partial charge on any atom is -0.481 e. The van der Waals surface area contributed by atoms with Crippen molar-refractivity contribution in [3.63, 3.8) is 0 Å². The number of carboxylic acids is 1.